The lowest BCUT2D eigenvalue weighted by molar-refractivity contribution is -0.113. The molecule has 0 N–H and O–H groups in total. The van der Waals surface area contributed by atoms with Crippen LogP contribution < -0.4 is 9.47 Å². The molecule has 0 saturated carbocycles. The van der Waals surface area contributed by atoms with Crippen LogP contribution in [0.15, 0.2) is 60.8 Å². The van der Waals surface area contributed by atoms with E-state index in [2.05, 4.69) is 16.8 Å². The number of aldehydes is 1. The second-order valence-electron chi connectivity index (χ2n) is 8.13. The molecule has 3 unspecified atom stereocenters. The molecule has 0 amide bonds. The van der Waals surface area contributed by atoms with Crippen molar-refractivity contribution in [2.75, 3.05) is 14.2 Å². The Hall–Kier alpha value is -3.25. The zero-order valence-corrected chi connectivity index (χ0v) is 18.5. The van der Waals surface area contributed by atoms with Gasteiger partial charge in [0.2, 0.25) is 0 Å². The Kier molecular flexibility index (Phi) is 6.51. The molecule has 3 atom stereocenters. The first-order valence-corrected chi connectivity index (χ1v) is 10.7. The second-order valence-corrected chi connectivity index (χ2v) is 8.13. The van der Waals surface area contributed by atoms with Gasteiger partial charge in [-0.15, -0.1) is 0 Å². The Bertz CT molecular complexity index is 1070. The number of aromatic nitrogens is 1. The van der Waals surface area contributed by atoms with Gasteiger partial charge in [0.05, 0.1) is 31.5 Å². The number of hydrogen-bond donors (Lipinski definition) is 0. The predicted molar refractivity (Wildman–Crippen MR) is 121 cm³/mol. The molecule has 1 fully saturated rings. The molecular weight excluding hydrogens is 407 g/mol. The van der Waals surface area contributed by atoms with Crippen molar-refractivity contribution in [1.29, 1.82) is 0 Å². The van der Waals surface area contributed by atoms with Gasteiger partial charge in [0.15, 0.2) is 0 Å². The summed E-state index contributed by atoms with van der Waals surface area (Å²) in [6, 6.07) is 15.8. The lowest BCUT2D eigenvalue weighted by atomic mass is 9.97. The molecule has 2 heterocycles. The fourth-order valence-electron chi connectivity index (χ4n) is 4.68. The minimum Gasteiger partial charge on any atom is -0.496 e. The van der Waals surface area contributed by atoms with Crippen molar-refractivity contribution in [3.8, 4) is 22.8 Å². The Morgan fingerprint density at radius 2 is 1.84 bits per heavy atom. The molecule has 5 nitrogen and oxygen atoms in total. The van der Waals surface area contributed by atoms with Crippen LogP contribution in [0.4, 0.5) is 4.39 Å². The summed E-state index contributed by atoms with van der Waals surface area (Å²) in [6.07, 6.45) is 3.44. The first kappa shape index (κ1) is 22.0. The molecule has 6 heteroatoms. The van der Waals surface area contributed by atoms with Gasteiger partial charge in [-0.3, -0.25) is 9.88 Å². The molecule has 0 radical (unpaired) electrons. The highest BCUT2D eigenvalue weighted by Crippen LogP contribution is 2.47. The number of pyridine rings is 1. The normalized spacial score (nSPS) is 20.8. The molecule has 0 spiro atoms. The van der Waals surface area contributed by atoms with E-state index in [4.69, 9.17) is 9.47 Å². The second kappa shape index (κ2) is 9.49. The molecular formula is C26H27FN2O3. The standard InChI is InChI=1S/C26H27FN2O3/c1-17-13-22(26-24(31-2)8-6-9-25(26)32-3)29(23(17)16-30)15-18-10-11-20(27)19(14-18)21-7-4-5-12-28-21/h4-12,14,16-17,22-23H,13,15H2,1-3H3. The Balaban J connectivity index is 1.74. The van der Waals surface area contributed by atoms with Crippen molar-refractivity contribution in [3.05, 3.63) is 77.7 Å². The van der Waals surface area contributed by atoms with E-state index in [0.29, 0.717) is 17.8 Å². The topological polar surface area (TPSA) is 51.7 Å². The number of halogens is 1. The van der Waals surface area contributed by atoms with Crippen LogP contribution in [-0.2, 0) is 11.3 Å². The van der Waals surface area contributed by atoms with Crippen LogP contribution in [0.3, 0.4) is 0 Å². The molecule has 1 aliphatic rings. The average molecular weight is 435 g/mol. The number of benzene rings is 2. The maximum absolute atomic E-state index is 14.6. The summed E-state index contributed by atoms with van der Waals surface area (Å²) in [7, 11) is 3.27. The van der Waals surface area contributed by atoms with Gasteiger partial charge in [-0.25, -0.2) is 4.39 Å². The molecule has 0 bridgehead atoms. The van der Waals surface area contributed by atoms with E-state index in [1.807, 2.05) is 30.3 Å². The summed E-state index contributed by atoms with van der Waals surface area (Å²) >= 11 is 0. The van der Waals surface area contributed by atoms with Gasteiger partial charge in [-0.2, -0.15) is 0 Å². The van der Waals surface area contributed by atoms with Crippen LogP contribution in [0, 0.1) is 11.7 Å². The Morgan fingerprint density at radius 3 is 2.47 bits per heavy atom. The van der Waals surface area contributed by atoms with Gasteiger partial charge >= 0.3 is 0 Å². The molecule has 166 valence electrons. The van der Waals surface area contributed by atoms with Crippen LogP contribution in [0.25, 0.3) is 11.3 Å². The van der Waals surface area contributed by atoms with E-state index < -0.39 is 0 Å². The van der Waals surface area contributed by atoms with Gasteiger partial charge in [0.1, 0.15) is 23.6 Å². The van der Waals surface area contributed by atoms with Crippen molar-refractivity contribution >= 4 is 6.29 Å². The number of hydrogen-bond acceptors (Lipinski definition) is 5. The van der Waals surface area contributed by atoms with Crippen molar-refractivity contribution in [2.45, 2.75) is 32.0 Å². The van der Waals surface area contributed by atoms with Gasteiger partial charge in [0.25, 0.3) is 0 Å². The summed E-state index contributed by atoms with van der Waals surface area (Å²) in [5.74, 6) is 1.29. The number of likely N-dealkylation sites (tertiary alicyclic amines) is 1. The first-order valence-electron chi connectivity index (χ1n) is 10.7. The van der Waals surface area contributed by atoms with Crippen LogP contribution in [0.5, 0.6) is 11.5 Å². The molecule has 1 aliphatic heterocycles. The minimum absolute atomic E-state index is 0.0744. The van der Waals surface area contributed by atoms with Gasteiger partial charge in [-0.05, 0) is 54.3 Å². The lowest BCUT2D eigenvalue weighted by Crippen LogP contribution is -2.34. The number of nitrogens with zero attached hydrogens (tertiary/aromatic N) is 2. The first-order chi connectivity index (χ1) is 15.6. The van der Waals surface area contributed by atoms with Crippen LogP contribution in [0.2, 0.25) is 0 Å². The number of ether oxygens (including phenoxy) is 2. The number of carbonyl (C=O) groups is 1. The fourth-order valence-corrected chi connectivity index (χ4v) is 4.68. The highest BCUT2D eigenvalue weighted by molar-refractivity contribution is 5.62. The smallest absolute Gasteiger partial charge is 0.137 e. The molecule has 4 rings (SSSR count). The molecule has 1 saturated heterocycles. The van der Waals surface area contributed by atoms with E-state index in [1.54, 1.807) is 38.6 Å². The van der Waals surface area contributed by atoms with E-state index in [0.717, 1.165) is 35.3 Å². The molecule has 1 aromatic heterocycles. The number of methoxy groups -OCH3 is 2. The summed E-state index contributed by atoms with van der Waals surface area (Å²) in [6.45, 7) is 2.57. The largest absolute Gasteiger partial charge is 0.496 e. The number of carbonyl (C=O) groups excluding carboxylic acids is 1. The summed E-state index contributed by atoms with van der Waals surface area (Å²) in [5.41, 5.74) is 2.87. The minimum atomic E-state index is -0.322. The monoisotopic (exact) mass is 434 g/mol. The molecule has 32 heavy (non-hydrogen) atoms. The van der Waals surface area contributed by atoms with Crippen molar-refractivity contribution in [3.63, 3.8) is 0 Å². The third-order valence-corrected chi connectivity index (χ3v) is 6.24. The van der Waals surface area contributed by atoms with Gasteiger partial charge in [-0.1, -0.05) is 25.1 Å². The molecule has 2 aromatic carbocycles. The van der Waals surface area contributed by atoms with Crippen molar-refractivity contribution < 1.29 is 18.7 Å². The zero-order valence-electron chi connectivity index (χ0n) is 18.5. The van der Waals surface area contributed by atoms with Crippen molar-refractivity contribution in [2.24, 2.45) is 5.92 Å². The quantitative estimate of drug-likeness (QED) is 0.487. The Morgan fingerprint density at radius 1 is 1.09 bits per heavy atom. The summed E-state index contributed by atoms with van der Waals surface area (Å²) < 4.78 is 25.9. The van der Waals surface area contributed by atoms with Crippen molar-refractivity contribution in [1.82, 2.24) is 9.88 Å². The average Bonchev–Trinajstić information content (AvgIpc) is 3.14. The Labute approximate surface area is 187 Å². The molecule has 3 aromatic rings. The van der Waals surface area contributed by atoms with Crippen LogP contribution in [-0.4, -0.2) is 36.4 Å². The van der Waals surface area contributed by atoms with E-state index in [1.165, 1.54) is 6.07 Å². The van der Waals surface area contributed by atoms with E-state index >= 15 is 0 Å². The highest BCUT2D eigenvalue weighted by atomic mass is 19.1. The van der Waals surface area contributed by atoms with Crippen LogP contribution >= 0.6 is 0 Å². The lowest BCUT2D eigenvalue weighted by Gasteiger charge is -2.30. The van der Waals surface area contributed by atoms with Gasteiger partial charge < -0.3 is 14.3 Å². The maximum Gasteiger partial charge on any atom is 0.137 e. The number of rotatable bonds is 7. The predicted octanol–water partition coefficient (Wildman–Crippen LogP) is 5.06. The third kappa shape index (κ3) is 4.10. The van der Waals surface area contributed by atoms with E-state index in [9.17, 15) is 9.18 Å². The van der Waals surface area contributed by atoms with E-state index in [-0.39, 0.29) is 23.8 Å². The summed E-state index contributed by atoms with van der Waals surface area (Å²) in [5, 5.41) is 0. The highest BCUT2D eigenvalue weighted by Gasteiger charge is 2.41. The maximum atomic E-state index is 14.6. The summed E-state index contributed by atoms with van der Waals surface area (Å²) in [4.78, 5) is 18.5. The molecule has 0 aliphatic carbocycles. The fraction of sp³-hybridized carbons (Fsp3) is 0.308. The van der Waals surface area contributed by atoms with Gasteiger partial charge in [0, 0.05) is 24.3 Å². The zero-order chi connectivity index (χ0) is 22.7. The van der Waals surface area contributed by atoms with Crippen LogP contribution in [0.1, 0.15) is 30.5 Å². The SMILES string of the molecule is COc1cccc(OC)c1C1CC(C)C(C=O)N1Cc1ccc(F)c(-c2ccccn2)c1. The third-order valence-electron chi connectivity index (χ3n) is 6.24.